The van der Waals surface area contributed by atoms with Crippen LogP contribution in [0.1, 0.15) is 25.5 Å². The number of likely N-dealkylation sites (tertiary alicyclic amines) is 1. The molecular formula is C10H16N2. The van der Waals surface area contributed by atoms with Crippen LogP contribution >= 0.6 is 0 Å². The molecular weight excluding hydrogens is 148 g/mol. The van der Waals surface area contributed by atoms with Gasteiger partial charge in [0.2, 0.25) is 0 Å². The molecule has 1 aliphatic rings. The van der Waals surface area contributed by atoms with E-state index in [-0.39, 0.29) is 0 Å². The predicted molar refractivity (Wildman–Crippen MR) is 49.9 cm³/mol. The Bertz CT molecular complexity index is 226. The van der Waals surface area contributed by atoms with E-state index in [1.807, 2.05) is 6.20 Å². The summed E-state index contributed by atoms with van der Waals surface area (Å²) in [6, 6.07) is 5.06. The van der Waals surface area contributed by atoms with Gasteiger partial charge in [-0.3, -0.25) is 4.90 Å². The largest absolute Gasteiger partial charge is 0.364 e. The molecule has 0 bridgehead atoms. The summed E-state index contributed by atoms with van der Waals surface area (Å²) in [5.41, 5.74) is 1.34. The zero-order valence-corrected chi connectivity index (χ0v) is 7.59. The van der Waals surface area contributed by atoms with Gasteiger partial charge in [-0.05, 0) is 25.0 Å². The lowest BCUT2D eigenvalue weighted by Crippen LogP contribution is -2.46. The minimum Gasteiger partial charge on any atom is -0.364 e. The fourth-order valence-corrected chi connectivity index (χ4v) is 1.85. The van der Waals surface area contributed by atoms with E-state index in [0.29, 0.717) is 0 Å². The number of H-pyrrole nitrogens is 1. The molecule has 1 aliphatic heterocycles. The SMILES string of the molecule is CCC1CCN1Cc1ccc[nH]1. The molecule has 2 rings (SSSR count). The fraction of sp³-hybridized carbons (Fsp3) is 0.600. The number of hydrogen-bond acceptors (Lipinski definition) is 1. The van der Waals surface area contributed by atoms with Gasteiger partial charge in [-0.15, -0.1) is 0 Å². The van der Waals surface area contributed by atoms with E-state index in [0.717, 1.165) is 12.6 Å². The summed E-state index contributed by atoms with van der Waals surface area (Å²) in [4.78, 5) is 5.77. The number of rotatable bonds is 3. The van der Waals surface area contributed by atoms with Crippen LogP contribution in [0.25, 0.3) is 0 Å². The molecule has 2 nitrogen and oxygen atoms in total. The highest BCUT2D eigenvalue weighted by Crippen LogP contribution is 2.21. The van der Waals surface area contributed by atoms with E-state index in [4.69, 9.17) is 0 Å². The Labute approximate surface area is 73.6 Å². The van der Waals surface area contributed by atoms with Gasteiger partial charge < -0.3 is 4.98 Å². The number of nitrogens with zero attached hydrogens (tertiary/aromatic N) is 1. The molecule has 12 heavy (non-hydrogen) atoms. The molecule has 0 saturated carbocycles. The normalized spacial score (nSPS) is 23.9. The van der Waals surface area contributed by atoms with E-state index < -0.39 is 0 Å². The van der Waals surface area contributed by atoms with E-state index in [1.165, 1.54) is 25.1 Å². The van der Waals surface area contributed by atoms with Crippen molar-refractivity contribution in [1.29, 1.82) is 0 Å². The smallest absolute Gasteiger partial charge is 0.0388 e. The Morgan fingerprint density at radius 2 is 2.58 bits per heavy atom. The number of aromatic amines is 1. The van der Waals surface area contributed by atoms with Crippen LogP contribution in [-0.4, -0.2) is 22.5 Å². The van der Waals surface area contributed by atoms with Crippen LogP contribution in [0.4, 0.5) is 0 Å². The second kappa shape index (κ2) is 3.31. The summed E-state index contributed by atoms with van der Waals surface area (Å²) in [6.07, 6.45) is 4.67. The van der Waals surface area contributed by atoms with Crippen LogP contribution in [0.15, 0.2) is 18.3 Å². The molecule has 1 fully saturated rings. The summed E-state index contributed by atoms with van der Waals surface area (Å²) in [7, 11) is 0. The minimum atomic E-state index is 0.841. The molecule has 1 aromatic heterocycles. The highest BCUT2D eigenvalue weighted by Gasteiger charge is 2.25. The van der Waals surface area contributed by atoms with Gasteiger partial charge >= 0.3 is 0 Å². The quantitative estimate of drug-likeness (QED) is 0.724. The summed E-state index contributed by atoms with van der Waals surface area (Å²) in [6.45, 7) is 4.65. The molecule has 0 radical (unpaired) electrons. The molecule has 1 atom stereocenters. The molecule has 1 aromatic rings. The second-order valence-corrected chi connectivity index (χ2v) is 3.52. The third-order valence-corrected chi connectivity index (χ3v) is 2.77. The first-order chi connectivity index (χ1) is 5.90. The van der Waals surface area contributed by atoms with Crippen LogP contribution in [0.5, 0.6) is 0 Å². The molecule has 0 spiro atoms. The first kappa shape index (κ1) is 7.87. The minimum absolute atomic E-state index is 0.841. The van der Waals surface area contributed by atoms with E-state index in [9.17, 15) is 0 Å². The molecule has 2 heterocycles. The lowest BCUT2D eigenvalue weighted by molar-refractivity contribution is 0.0779. The van der Waals surface area contributed by atoms with Crippen LogP contribution in [0.2, 0.25) is 0 Å². The van der Waals surface area contributed by atoms with Gasteiger partial charge in [-0.1, -0.05) is 6.92 Å². The standard InChI is InChI=1S/C10H16N2/c1-2-10-5-7-12(10)8-9-4-3-6-11-9/h3-4,6,10-11H,2,5,7-8H2,1H3. The van der Waals surface area contributed by atoms with Crippen LogP contribution in [0.3, 0.4) is 0 Å². The summed E-state index contributed by atoms with van der Waals surface area (Å²) >= 11 is 0. The third kappa shape index (κ3) is 1.39. The number of hydrogen-bond donors (Lipinski definition) is 1. The van der Waals surface area contributed by atoms with E-state index in [1.54, 1.807) is 0 Å². The molecule has 0 aromatic carbocycles. The highest BCUT2D eigenvalue weighted by molar-refractivity contribution is 5.04. The molecule has 1 unspecified atom stereocenters. The number of nitrogens with one attached hydrogen (secondary N) is 1. The maximum absolute atomic E-state index is 3.24. The summed E-state index contributed by atoms with van der Waals surface area (Å²) in [5, 5.41) is 0. The van der Waals surface area contributed by atoms with Crippen LogP contribution in [0, 0.1) is 0 Å². The molecule has 2 heteroatoms. The van der Waals surface area contributed by atoms with E-state index >= 15 is 0 Å². The summed E-state index contributed by atoms with van der Waals surface area (Å²) < 4.78 is 0. The molecule has 66 valence electrons. The lowest BCUT2D eigenvalue weighted by atomic mass is 10.0. The molecule has 1 N–H and O–H groups in total. The van der Waals surface area contributed by atoms with Crippen molar-refractivity contribution in [2.45, 2.75) is 32.4 Å². The van der Waals surface area contributed by atoms with Crippen LogP contribution in [-0.2, 0) is 6.54 Å². The topological polar surface area (TPSA) is 19.0 Å². The average molecular weight is 164 g/mol. The van der Waals surface area contributed by atoms with E-state index in [2.05, 4.69) is 28.9 Å². The van der Waals surface area contributed by atoms with Crippen molar-refractivity contribution in [3.63, 3.8) is 0 Å². The highest BCUT2D eigenvalue weighted by atomic mass is 15.2. The van der Waals surface area contributed by atoms with Crippen molar-refractivity contribution >= 4 is 0 Å². The Hall–Kier alpha value is -0.760. The van der Waals surface area contributed by atoms with Gasteiger partial charge in [0.15, 0.2) is 0 Å². The molecule has 0 amide bonds. The van der Waals surface area contributed by atoms with Gasteiger partial charge in [0.25, 0.3) is 0 Å². The zero-order chi connectivity index (χ0) is 8.39. The van der Waals surface area contributed by atoms with Crippen molar-refractivity contribution in [3.8, 4) is 0 Å². The Kier molecular flexibility index (Phi) is 2.17. The predicted octanol–water partition coefficient (Wildman–Crippen LogP) is 2.00. The molecule has 0 aliphatic carbocycles. The molecule has 1 saturated heterocycles. The van der Waals surface area contributed by atoms with Crippen molar-refractivity contribution < 1.29 is 0 Å². The van der Waals surface area contributed by atoms with Gasteiger partial charge in [-0.2, -0.15) is 0 Å². The second-order valence-electron chi connectivity index (χ2n) is 3.52. The Balaban J connectivity index is 1.88. The Morgan fingerprint density at radius 1 is 1.67 bits per heavy atom. The van der Waals surface area contributed by atoms with Crippen LogP contribution < -0.4 is 0 Å². The van der Waals surface area contributed by atoms with Crippen molar-refractivity contribution in [2.75, 3.05) is 6.54 Å². The zero-order valence-electron chi connectivity index (χ0n) is 7.59. The fourth-order valence-electron chi connectivity index (χ4n) is 1.85. The number of aromatic nitrogens is 1. The first-order valence-electron chi connectivity index (χ1n) is 4.76. The maximum atomic E-state index is 3.24. The lowest BCUT2D eigenvalue weighted by Gasteiger charge is -2.40. The third-order valence-electron chi connectivity index (χ3n) is 2.77. The average Bonchev–Trinajstić information content (AvgIpc) is 2.51. The Morgan fingerprint density at radius 3 is 3.08 bits per heavy atom. The van der Waals surface area contributed by atoms with Gasteiger partial charge in [0.1, 0.15) is 0 Å². The van der Waals surface area contributed by atoms with Crippen molar-refractivity contribution in [2.24, 2.45) is 0 Å². The van der Waals surface area contributed by atoms with Gasteiger partial charge in [0, 0.05) is 31.0 Å². The van der Waals surface area contributed by atoms with Gasteiger partial charge in [-0.25, -0.2) is 0 Å². The van der Waals surface area contributed by atoms with Crippen molar-refractivity contribution in [3.05, 3.63) is 24.0 Å². The van der Waals surface area contributed by atoms with Crippen molar-refractivity contribution in [1.82, 2.24) is 9.88 Å². The maximum Gasteiger partial charge on any atom is 0.0388 e. The monoisotopic (exact) mass is 164 g/mol. The first-order valence-corrected chi connectivity index (χ1v) is 4.76. The summed E-state index contributed by atoms with van der Waals surface area (Å²) in [5.74, 6) is 0. The van der Waals surface area contributed by atoms with Gasteiger partial charge in [0.05, 0.1) is 0 Å².